The van der Waals surface area contributed by atoms with Crippen LogP contribution in [0.5, 0.6) is 0 Å². The Morgan fingerprint density at radius 1 is 1.39 bits per heavy atom. The normalized spacial score (nSPS) is 10.9. The standard InChI is InChI=1S/C12H14N2O4/c15-4-6-18-5-3-14-8-13-10-7-9(12(16)17)1-2-11(10)14/h1-2,7-8,15H,3-6H2,(H,16,17). The summed E-state index contributed by atoms with van der Waals surface area (Å²) in [6.07, 6.45) is 1.65. The van der Waals surface area contributed by atoms with Gasteiger partial charge in [0, 0.05) is 6.54 Å². The van der Waals surface area contributed by atoms with E-state index in [0.717, 1.165) is 5.52 Å². The third-order valence-corrected chi connectivity index (χ3v) is 2.58. The molecule has 6 nitrogen and oxygen atoms in total. The van der Waals surface area contributed by atoms with Gasteiger partial charge < -0.3 is 19.5 Å². The predicted molar refractivity (Wildman–Crippen MR) is 64.6 cm³/mol. The van der Waals surface area contributed by atoms with E-state index in [0.29, 0.717) is 25.3 Å². The molecule has 0 aliphatic heterocycles. The maximum atomic E-state index is 10.8. The summed E-state index contributed by atoms with van der Waals surface area (Å²) in [4.78, 5) is 15.0. The number of fused-ring (bicyclic) bond motifs is 1. The number of carboxylic acids is 1. The molecule has 96 valence electrons. The molecule has 0 unspecified atom stereocenters. The summed E-state index contributed by atoms with van der Waals surface area (Å²) < 4.78 is 7.06. The number of hydrogen-bond acceptors (Lipinski definition) is 4. The highest BCUT2D eigenvalue weighted by molar-refractivity contribution is 5.92. The number of hydrogen-bond donors (Lipinski definition) is 2. The first kappa shape index (κ1) is 12.5. The first-order valence-electron chi connectivity index (χ1n) is 5.59. The van der Waals surface area contributed by atoms with E-state index in [2.05, 4.69) is 4.98 Å². The van der Waals surface area contributed by atoms with Crippen molar-refractivity contribution in [3.8, 4) is 0 Å². The van der Waals surface area contributed by atoms with Crippen LogP contribution in [0.15, 0.2) is 24.5 Å². The molecule has 6 heteroatoms. The quantitative estimate of drug-likeness (QED) is 0.739. The molecule has 2 N–H and O–H groups in total. The molecule has 1 heterocycles. The molecule has 2 aromatic rings. The van der Waals surface area contributed by atoms with Crippen molar-refractivity contribution in [2.75, 3.05) is 19.8 Å². The lowest BCUT2D eigenvalue weighted by molar-refractivity contribution is 0.0697. The highest BCUT2D eigenvalue weighted by Gasteiger charge is 2.07. The van der Waals surface area contributed by atoms with Gasteiger partial charge in [0.1, 0.15) is 0 Å². The molecule has 18 heavy (non-hydrogen) atoms. The summed E-state index contributed by atoms with van der Waals surface area (Å²) in [5, 5.41) is 17.5. The molecule has 0 spiro atoms. The van der Waals surface area contributed by atoms with Crippen molar-refractivity contribution in [2.24, 2.45) is 0 Å². The van der Waals surface area contributed by atoms with E-state index in [-0.39, 0.29) is 12.2 Å². The smallest absolute Gasteiger partial charge is 0.335 e. The number of rotatable bonds is 6. The second kappa shape index (κ2) is 5.61. The van der Waals surface area contributed by atoms with E-state index in [1.165, 1.54) is 0 Å². The fourth-order valence-corrected chi connectivity index (χ4v) is 1.70. The van der Waals surface area contributed by atoms with E-state index in [1.807, 2.05) is 4.57 Å². The topological polar surface area (TPSA) is 84.6 Å². The second-order valence-electron chi connectivity index (χ2n) is 3.78. The van der Waals surface area contributed by atoms with Crippen LogP contribution in [0.4, 0.5) is 0 Å². The lowest BCUT2D eigenvalue weighted by Gasteiger charge is -2.05. The maximum absolute atomic E-state index is 10.8. The van der Waals surface area contributed by atoms with E-state index in [4.69, 9.17) is 14.9 Å². The molecule has 1 aromatic heterocycles. The second-order valence-corrected chi connectivity index (χ2v) is 3.78. The van der Waals surface area contributed by atoms with Crippen LogP contribution < -0.4 is 0 Å². The number of aliphatic hydroxyl groups is 1. The van der Waals surface area contributed by atoms with Crippen LogP contribution in [-0.2, 0) is 11.3 Å². The van der Waals surface area contributed by atoms with Gasteiger partial charge in [0.05, 0.1) is 42.7 Å². The Kier molecular flexibility index (Phi) is 3.91. The number of benzene rings is 1. The summed E-state index contributed by atoms with van der Waals surface area (Å²) in [5.41, 5.74) is 1.74. The molecular formula is C12H14N2O4. The SMILES string of the molecule is O=C(O)c1ccc2c(c1)ncn2CCOCCO. The zero-order valence-electron chi connectivity index (χ0n) is 9.74. The molecule has 0 saturated heterocycles. The van der Waals surface area contributed by atoms with E-state index in [9.17, 15) is 4.79 Å². The fourth-order valence-electron chi connectivity index (χ4n) is 1.70. The zero-order chi connectivity index (χ0) is 13.0. The zero-order valence-corrected chi connectivity index (χ0v) is 9.74. The van der Waals surface area contributed by atoms with Gasteiger partial charge in [-0.2, -0.15) is 0 Å². The number of nitrogens with zero attached hydrogens (tertiary/aromatic N) is 2. The van der Waals surface area contributed by atoms with Crippen molar-refractivity contribution in [1.82, 2.24) is 9.55 Å². The highest BCUT2D eigenvalue weighted by atomic mass is 16.5. The molecule has 0 atom stereocenters. The summed E-state index contributed by atoms with van der Waals surface area (Å²) in [6, 6.07) is 4.83. The Hall–Kier alpha value is -1.92. The molecule has 0 saturated carbocycles. The summed E-state index contributed by atoms with van der Waals surface area (Å²) >= 11 is 0. The Bertz CT molecular complexity index is 550. The van der Waals surface area contributed by atoms with Crippen molar-refractivity contribution in [3.05, 3.63) is 30.1 Å². The minimum absolute atomic E-state index is 0.00660. The number of imidazole rings is 1. The third kappa shape index (κ3) is 2.66. The average molecular weight is 250 g/mol. The predicted octanol–water partition coefficient (Wildman–Crippen LogP) is 0.743. The molecule has 2 rings (SSSR count). The van der Waals surface area contributed by atoms with Crippen LogP contribution in [0.2, 0.25) is 0 Å². The van der Waals surface area contributed by atoms with Crippen molar-refractivity contribution < 1.29 is 19.7 Å². The van der Waals surface area contributed by atoms with Gasteiger partial charge in [0.15, 0.2) is 0 Å². The Morgan fingerprint density at radius 3 is 2.94 bits per heavy atom. The minimum Gasteiger partial charge on any atom is -0.478 e. The number of aliphatic hydroxyl groups excluding tert-OH is 1. The Balaban J connectivity index is 2.13. The van der Waals surface area contributed by atoms with Crippen molar-refractivity contribution in [1.29, 1.82) is 0 Å². The number of aromatic nitrogens is 2. The molecular weight excluding hydrogens is 236 g/mol. The number of aromatic carboxylic acids is 1. The Labute approximate surface area is 103 Å². The Morgan fingerprint density at radius 2 is 2.22 bits per heavy atom. The lowest BCUT2D eigenvalue weighted by atomic mass is 10.2. The average Bonchev–Trinajstić information content (AvgIpc) is 2.77. The summed E-state index contributed by atoms with van der Waals surface area (Å²) in [6.45, 7) is 1.41. The maximum Gasteiger partial charge on any atom is 0.335 e. The minimum atomic E-state index is -0.960. The van der Waals surface area contributed by atoms with Crippen molar-refractivity contribution in [2.45, 2.75) is 6.54 Å². The number of carbonyl (C=O) groups is 1. The molecule has 0 aliphatic rings. The van der Waals surface area contributed by atoms with Gasteiger partial charge in [-0.15, -0.1) is 0 Å². The highest BCUT2D eigenvalue weighted by Crippen LogP contribution is 2.14. The molecule has 0 bridgehead atoms. The van der Waals surface area contributed by atoms with Gasteiger partial charge in [-0.3, -0.25) is 0 Å². The van der Waals surface area contributed by atoms with Gasteiger partial charge >= 0.3 is 5.97 Å². The first-order valence-corrected chi connectivity index (χ1v) is 5.59. The number of carboxylic acid groups (broad SMARTS) is 1. The van der Waals surface area contributed by atoms with Crippen LogP contribution in [0.3, 0.4) is 0 Å². The molecule has 0 fully saturated rings. The van der Waals surface area contributed by atoms with Crippen LogP contribution in [0, 0.1) is 0 Å². The van der Waals surface area contributed by atoms with Gasteiger partial charge in [-0.1, -0.05) is 0 Å². The van der Waals surface area contributed by atoms with Crippen molar-refractivity contribution in [3.63, 3.8) is 0 Å². The molecule has 0 aliphatic carbocycles. The monoisotopic (exact) mass is 250 g/mol. The van der Waals surface area contributed by atoms with Crippen LogP contribution in [-0.4, -0.2) is 45.6 Å². The fraction of sp³-hybridized carbons (Fsp3) is 0.333. The van der Waals surface area contributed by atoms with Gasteiger partial charge in [-0.05, 0) is 18.2 Å². The molecule has 1 aromatic carbocycles. The number of ether oxygens (including phenoxy) is 1. The van der Waals surface area contributed by atoms with E-state index >= 15 is 0 Å². The third-order valence-electron chi connectivity index (χ3n) is 2.58. The van der Waals surface area contributed by atoms with Gasteiger partial charge in [0.2, 0.25) is 0 Å². The van der Waals surface area contributed by atoms with Crippen molar-refractivity contribution >= 4 is 17.0 Å². The lowest BCUT2D eigenvalue weighted by Crippen LogP contribution is -2.07. The van der Waals surface area contributed by atoms with Crippen LogP contribution in [0.25, 0.3) is 11.0 Å². The molecule has 0 radical (unpaired) electrons. The van der Waals surface area contributed by atoms with E-state index < -0.39 is 5.97 Å². The van der Waals surface area contributed by atoms with Gasteiger partial charge in [-0.25, -0.2) is 9.78 Å². The summed E-state index contributed by atoms with van der Waals surface area (Å²) in [7, 11) is 0. The summed E-state index contributed by atoms with van der Waals surface area (Å²) in [5.74, 6) is -0.960. The van der Waals surface area contributed by atoms with Crippen LogP contribution >= 0.6 is 0 Å². The van der Waals surface area contributed by atoms with Crippen LogP contribution in [0.1, 0.15) is 10.4 Å². The van der Waals surface area contributed by atoms with E-state index in [1.54, 1.807) is 24.5 Å². The first-order chi connectivity index (χ1) is 8.72. The van der Waals surface area contributed by atoms with Gasteiger partial charge in [0.25, 0.3) is 0 Å². The molecule has 0 amide bonds. The largest absolute Gasteiger partial charge is 0.478 e.